The maximum atomic E-state index is 13.7. The molecule has 5 aromatic rings. The highest BCUT2D eigenvalue weighted by atomic mass is 16.5. The Morgan fingerprint density at radius 1 is 0.857 bits per heavy atom. The molecule has 0 bridgehead atoms. The Hall–Kier alpha value is -4.31. The summed E-state index contributed by atoms with van der Waals surface area (Å²) < 4.78 is 5.52. The summed E-state index contributed by atoms with van der Waals surface area (Å²) in [5, 5.41) is 1.13. The Morgan fingerprint density at radius 2 is 1.63 bits per heavy atom. The second-order valence-electron chi connectivity index (χ2n) is 8.92. The van der Waals surface area contributed by atoms with Crippen molar-refractivity contribution in [2.24, 2.45) is 0 Å². The second-order valence-corrected chi connectivity index (χ2v) is 8.92. The maximum absolute atomic E-state index is 13.7. The van der Waals surface area contributed by atoms with Crippen LogP contribution in [0.25, 0.3) is 22.2 Å². The highest BCUT2D eigenvalue weighted by Crippen LogP contribution is 2.45. The summed E-state index contributed by atoms with van der Waals surface area (Å²) in [7, 11) is 1.68. The highest BCUT2D eigenvalue weighted by Gasteiger charge is 2.39. The Balaban J connectivity index is 1.53. The molecule has 6 rings (SSSR count). The van der Waals surface area contributed by atoms with Crippen molar-refractivity contribution in [1.82, 2.24) is 9.88 Å². The zero-order valence-corrected chi connectivity index (χ0v) is 19.6. The molecule has 2 heterocycles. The molecule has 4 nitrogen and oxygen atoms in total. The van der Waals surface area contributed by atoms with Crippen LogP contribution in [0.1, 0.15) is 33.1 Å². The predicted octanol–water partition coefficient (Wildman–Crippen LogP) is 6.63. The molecule has 4 heteroatoms. The summed E-state index contributed by atoms with van der Waals surface area (Å²) in [4.78, 5) is 19.4. The first-order valence-corrected chi connectivity index (χ1v) is 11.9. The van der Waals surface area contributed by atoms with Crippen LogP contribution in [0.5, 0.6) is 5.75 Å². The molecule has 1 amide bonds. The van der Waals surface area contributed by atoms with Crippen molar-refractivity contribution in [3.8, 4) is 17.0 Å². The minimum Gasteiger partial charge on any atom is -0.497 e. The number of benzene rings is 4. The number of aromatic amines is 1. The lowest BCUT2D eigenvalue weighted by Crippen LogP contribution is -2.31. The molecule has 0 unspecified atom stereocenters. The highest BCUT2D eigenvalue weighted by molar-refractivity contribution is 6.02. The largest absolute Gasteiger partial charge is 0.497 e. The molecular formula is C31H26N2O2. The number of rotatable bonds is 6. The Bertz CT molecular complexity index is 1520. The molecule has 0 aliphatic carbocycles. The standard InChI is InChI=1S/C31H26N2O2/c1-35-23-13-9-12-22(20-23)29-28(26-16-7-8-17-27(26)32-29)30-24-14-5-6-15-25(24)31(34)33(30)19-18-21-10-3-2-4-11-21/h2-17,20,30,32H,18-19H2,1H3/t30-/m0/s1. The van der Waals surface area contributed by atoms with E-state index in [1.165, 1.54) is 5.56 Å². The van der Waals surface area contributed by atoms with E-state index in [4.69, 9.17) is 4.74 Å². The van der Waals surface area contributed by atoms with Gasteiger partial charge in [-0.1, -0.05) is 78.9 Å². The zero-order valence-electron chi connectivity index (χ0n) is 19.6. The van der Waals surface area contributed by atoms with Crippen molar-refractivity contribution in [2.45, 2.75) is 12.5 Å². The van der Waals surface area contributed by atoms with Crippen LogP contribution < -0.4 is 4.74 Å². The molecule has 0 radical (unpaired) electrons. The fourth-order valence-electron chi connectivity index (χ4n) is 5.26. The van der Waals surface area contributed by atoms with Gasteiger partial charge in [0.1, 0.15) is 5.75 Å². The fourth-order valence-corrected chi connectivity index (χ4v) is 5.26. The van der Waals surface area contributed by atoms with Crippen molar-refractivity contribution < 1.29 is 9.53 Å². The third-order valence-electron chi connectivity index (χ3n) is 6.92. The third-order valence-corrected chi connectivity index (χ3v) is 6.92. The van der Waals surface area contributed by atoms with Gasteiger partial charge in [0.2, 0.25) is 0 Å². The number of carbonyl (C=O) groups excluding carboxylic acids is 1. The van der Waals surface area contributed by atoms with Crippen molar-refractivity contribution in [2.75, 3.05) is 13.7 Å². The smallest absolute Gasteiger partial charge is 0.255 e. The van der Waals surface area contributed by atoms with Crippen LogP contribution in [-0.2, 0) is 6.42 Å². The minimum atomic E-state index is -0.181. The summed E-state index contributed by atoms with van der Waals surface area (Å²) in [6.45, 7) is 0.638. The van der Waals surface area contributed by atoms with E-state index in [0.717, 1.165) is 51.0 Å². The molecule has 1 aliphatic rings. The van der Waals surface area contributed by atoms with Crippen molar-refractivity contribution in [1.29, 1.82) is 0 Å². The van der Waals surface area contributed by atoms with Crippen LogP contribution in [0.2, 0.25) is 0 Å². The van der Waals surface area contributed by atoms with Gasteiger partial charge in [0.15, 0.2) is 0 Å². The first kappa shape index (κ1) is 21.2. The van der Waals surface area contributed by atoms with Gasteiger partial charge < -0.3 is 14.6 Å². The summed E-state index contributed by atoms with van der Waals surface area (Å²) in [5.41, 5.74) is 7.30. The van der Waals surface area contributed by atoms with Crippen LogP contribution in [0, 0.1) is 0 Å². The first-order chi connectivity index (χ1) is 17.2. The molecule has 1 atom stereocenters. The molecule has 0 saturated heterocycles. The number of nitrogens with zero attached hydrogens (tertiary/aromatic N) is 1. The average Bonchev–Trinajstić information content (AvgIpc) is 3.43. The number of fused-ring (bicyclic) bond motifs is 2. The van der Waals surface area contributed by atoms with Crippen LogP contribution in [-0.4, -0.2) is 29.4 Å². The topological polar surface area (TPSA) is 45.3 Å². The van der Waals surface area contributed by atoms with Crippen molar-refractivity contribution in [3.63, 3.8) is 0 Å². The third kappa shape index (κ3) is 3.68. The van der Waals surface area contributed by atoms with E-state index in [0.29, 0.717) is 6.54 Å². The van der Waals surface area contributed by atoms with E-state index in [2.05, 4.69) is 47.4 Å². The normalized spacial score (nSPS) is 14.9. The number of hydrogen-bond acceptors (Lipinski definition) is 2. The molecular weight excluding hydrogens is 432 g/mol. The lowest BCUT2D eigenvalue weighted by atomic mass is 9.93. The Kier molecular flexibility index (Phi) is 5.34. The number of aromatic nitrogens is 1. The number of hydrogen-bond donors (Lipinski definition) is 1. The lowest BCUT2D eigenvalue weighted by molar-refractivity contribution is 0.0753. The first-order valence-electron chi connectivity index (χ1n) is 11.9. The summed E-state index contributed by atoms with van der Waals surface area (Å²) in [6, 6.07) is 34.6. The van der Waals surface area contributed by atoms with Crippen molar-refractivity contribution >= 4 is 16.8 Å². The van der Waals surface area contributed by atoms with Crippen LogP contribution in [0.4, 0.5) is 0 Å². The Morgan fingerprint density at radius 3 is 2.49 bits per heavy atom. The molecule has 172 valence electrons. The number of para-hydroxylation sites is 1. The number of methoxy groups -OCH3 is 1. The molecule has 0 saturated carbocycles. The molecule has 0 fully saturated rings. The van der Waals surface area contributed by atoms with Gasteiger partial charge in [0.05, 0.1) is 18.8 Å². The molecule has 0 spiro atoms. The summed E-state index contributed by atoms with van der Waals surface area (Å²) in [6.07, 6.45) is 0.800. The van der Waals surface area contributed by atoms with E-state index in [1.807, 2.05) is 65.6 Å². The average molecular weight is 459 g/mol. The number of nitrogens with one attached hydrogen (secondary N) is 1. The van der Waals surface area contributed by atoms with Gasteiger partial charge in [-0.05, 0) is 41.8 Å². The van der Waals surface area contributed by atoms with Crippen LogP contribution in [0.15, 0.2) is 103 Å². The molecule has 1 aliphatic heterocycles. The van der Waals surface area contributed by atoms with E-state index >= 15 is 0 Å². The number of carbonyl (C=O) groups is 1. The second kappa shape index (κ2) is 8.80. The number of ether oxygens (including phenoxy) is 1. The quantitative estimate of drug-likeness (QED) is 0.310. The van der Waals surface area contributed by atoms with E-state index in [1.54, 1.807) is 7.11 Å². The van der Waals surface area contributed by atoms with Gasteiger partial charge in [-0.15, -0.1) is 0 Å². The van der Waals surface area contributed by atoms with Gasteiger partial charge in [0.25, 0.3) is 5.91 Å². The SMILES string of the molecule is COc1cccc(-c2[nH]c3ccccc3c2[C@@H]2c3ccccc3C(=O)N2CCc2ccccc2)c1. The fraction of sp³-hybridized carbons (Fsp3) is 0.129. The molecule has 1 N–H and O–H groups in total. The number of H-pyrrole nitrogens is 1. The van der Waals surface area contributed by atoms with Gasteiger partial charge in [-0.2, -0.15) is 0 Å². The molecule has 35 heavy (non-hydrogen) atoms. The van der Waals surface area contributed by atoms with Crippen molar-refractivity contribution in [3.05, 3.63) is 125 Å². The van der Waals surface area contributed by atoms with Gasteiger partial charge in [-0.25, -0.2) is 0 Å². The van der Waals surface area contributed by atoms with E-state index < -0.39 is 0 Å². The van der Waals surface area contributed by atoms with Gasteiger partial charge in [-0.3, -0.25) is 4.79 Å². The summed E-state index contributed by atoms with van der Waals surface area (Å²) >= 11 is 0. The maximum Gasteiger partial charge on any atom is 0.255 e. The van der Waals surface area contributed by atoms with E-state index in [9.17, 15) is 4.79 Å². The predicted molar refractivity (Wildman–Crippen MR) is 140 cm³/mol. The Labute approximate surface area is 204 Å². The minimum absolute atomic E-state index is 0.0865. The zero-order chi connectivity index (χ0) is 23.8. The summed E-state index contributed by atoms with van der Waals surface area (Å²) in [5.74, 6) is 0.888. The van der Waals surface area contributed by atoms with Gasteiger partial charge in [0, 0.05) is 34.1 Å². The van der Waals surface area contributed by atoms with Gasteiger partial charge >= 0.3 is 0 Å². The van der Waals surface area contributed by atoms with E-state index in [-0.39, 0.29) is 11.9 Å². The van der Waals surface area contributed by atoms with Crippen LogP contribution >= 0.6 is 0 Å². The molecule has 4 aromatic carbocycles. The monoisotopic (exact) mass is 458 g/mol. The lowest BCUT2D eigenvalue weighted by Gasteiger charge is -2.27. The number of amides is 1. The van der Waals surface area contributed by atoms with Crippen LogP contribution in [0.3, 0.4) is 0 Å². The molecule has 1 aromatic heterocycles.